The summed E-state index contributed by atoms with van der Waals surface area (Å²) in [7, 11) is 4.37. The lowest BCUT2D eigenvalue weighted by Gasteiger charge is -2.28. The van der Waals surface area contributed by atoms with Crippen molar-refractivity contribution in [3.8, 4) is 28.7 Å². The third-order valence-electron chi connectivity index (χ3n) is 4.88. The maximum Gasteiger partial charge on any atom is 0.204 e. The van der Waals surface area contributed by atoms with Crippen molar-refractivity contribution < 1.29 is 44.1 Å². The third kappa shape index (κ3) is 6.17. The molecule has 0 amide bonds. The molecule has 0 fully saturated rings. The maximum atomic E-state index is 10.3. The maximum absolute atomic E-state index is 10.3. The molecule has 0 spiro atoms. The van der Waals surface area contributed by atoms with E-state index in [9.17, 15) is 15.3 Å². The van der Waals surface area contributed by atoms with Gasteiger partial charge in [0.25, 0.3) is 0 Å². The molecule has 32 heavy (non-hydrogen) atoms. The second-order valence-corrected chi connectivity index (χ2v) is 6.96. The van der Waals surface area contributed by atoms with Gasteiger partial charge in [-0.15, -0.1) is 0 Å². The molecule has 0 saturated carbocycles. The summed E-state index contributed by atoms with van der Waals surface area (Å²) in [5.74, 6) is 1.18. The van der Waals surface area contributed by atoms with Crippen LogP contribution in [0.3, 0.4) is 0 Å². The minimum atomic E-state index is -0.915. The first-order valence-electron chi connectivity index (χ1n) is 10.2. The van der Waals surface area contributed by atoms with Crippen LogP contribution in [0.25, 0.3) is 0 Å². The predicted molar refractivity (Wildman–Crippen MR) is 117 cm³/mol. The number of ether oxygens (including phenoxy) is 5. The van der Waals surface area contributed by atoms with Crippen LogP contribution < -0.4 is 18.9 Å². The van der Waals surface area contributed by atoms with Crippen molar-refractivity contribution in [2.45, 2.75) is 31.7 Å². The summed E-state index contributed by atoms with van der Waals surface area (Å²) in [4.78, 5) is 0. The van der Waals surface area contributed by atoms with Crippen molar-refractivity contribution in [2.75, 3.05) is 41.2 Å². The summed E-state index contributed by atoms with van der Waals surface area (Å²) >= 11 is 0. The number of aliphatic hydroxyl groups excluding tert-OH is 3. The molecule has 178 valence electrons. The molecule has 9 heteroatoms. The number of rotatable bonds is 13. The van der Waals surface area contributed by atoms with Gasteiger partial charge in [0.1, 0.15) is 17.6 Å². The molecule has 0 aliphatic carbocycles. The van der Waals surface area contributed by atoms with E-state index in [0.717, 1.165) is 0 Å². The molecule has 0 saturated heterocycles. The van der Waals surface area contributed by atoms with Gasteiger partial charge in [-0.2, -0.15) is 0 Å². The van der Waals surface area contributed by atoms with E-state index in [4.69, 9.17) is 28.8 Å². The number of aliphatic hydroxyl groups is 3. The number of hydrogen-bond donors (Lipinski definition) is 4. The first kappa shape index (κ1) is 25.5. The van der Waals surface area contributed by atoms with Crippen molar-refractivity contribution in [2.24, 2.45) is 0 Å². The van der Waals surface area contributed by atoms with Crippen molar-refractivity contribution in [1.29, 1.82) is 0 Å². The van der Waals surface area contributed by atoms with Gasteiger partial charge in [-0.05, 0) is 42.3 Å². The lowest BCUT2D eigenvalue weighted by Crippen LogP contribution is -2.31. The van der Waals surface area contributed by atoms with Gasteiger partial charge < -0.3 is 44.1 Å². The molecule has 4 N–H and O–H groups in total. The highest BCUT2D eigenvalue weighted by molar-refractivity contribution is 5.54. The van der Waals surface area contributed by atoms with Gasteiger partial charge in [0.05, 0.1) is 34.0 Å². The van der Waals surface area contributed by atoms with Gasteiger partial charge in [-0.1, -0.05) is 0 Å². The minimum absolute atomic E-state index is 0.0156. The molecule has 0 heterocycles. The van der Waals surface area contributed by atoms with Crippen LogP contribution in [-0.2, 0) is 4.74 Å². The zero-order valence-electron chi connectivity index (χ0n) is 18.8. The van der Waals surface area contributed by atoms with E-state index in [1.54, 1.807) is 25.1 Å². The molecule has 0 aliphatic heterocycles. The number of phenolic OH excluding ortho intramolecular Hbond substituents is 1. The molecule has 0 aliphatic rings. The molecular formula is C23H32O9. The number of phenols is 1. The number of benzene rings is 2. The van der Waals surface area contributed by atoms with Gasteiger partial charge in [0.2, 0.25) is 5.75 Å². The average Bonchev–Trinajstić information content (AvgIpc) is 2.80. The van der Waals surface area contributed by atoms with E-state index in [-0.39, 0.29) is 36.0 Å². The highest BCUT2D eigenvalue weighted by atomic mass is 16.6. The quantitative estimate of drug-likeness (QED) is 0.362. The molecule has 9 nitrogen and oxygen atoms in total. The lowest BCUT2D eigenvalue weighted by molar-refractivity contribution is -0.0453. The zero-order chi connectivity index (χ0) is 23.7. The van der Waals surface area contributed by atoms with Crippen molar-refractivity contribution in [3.05, 3.63) is 41.5 Å². The Morgan fingerprint density at radius 3 is 2.03 bits per heavy atom. The van der Waals surface area contributed by atoms with Crippen molar-refractivity contribution >= 4 is 0 Å². The van der Waals surface area contributed by atoms with Crippen LogP contribution >= 0.6 is 0 Å². The Bertz CT molecular complexity index is 830. The Hall–Kier alpha value is -2.72. The third-order valence-corrected chi connectivity index (χ3v) is 4.88. The fraction of sp³-hybridized carbons (Fsp3) is 0.478. The van der Waals surface area contributed by atoms with E-state index in [1.807, 2.05) is 0 Å². The number of methoxy groups -OCH3 is 3. The van der Waals surface area contributed by atoms with Gasteiger partial charge in [-0.25, -0.2) is 0 Å². The van der Waals surface area contributed by atoms with Gasteiger partial charge in [0, 0.05) is 25.7 Å². The monoisotopic (exact) mass is 452 g/mol. The SMILES string of the molecule is CCO[C@H](c1cc(O)cc(OC)c1)[C@H](CO)Oc1c(OC)cc(C(O)CCO)cc1OC. The minimum Gasteiger partial charge on any atom is -0.508 e. The Labute approximate surface area is 187 Å². The summed E-state index contributed by atoms with van der Waals surface area (Å²) in [5, 5.41) is 39.6. The van der Waals surface area contributed by atoms with Crippen LogP contribution in [0.1, 0.15) is 36.7 Å². The largest absolute Gasteiger partial charge is 0.508 e. The van der Waals surface area contributed by atoms with E-state index >= 15 is 0 Å². The summed E-state index contributed by atoms with van der Waals surface area (Å²) in [6.07, 6.45) is -2.41. The Balaban J connectivity index is 2.47. The molecule has 1 unspecified atom stereocenters. The standard InChI is InChI=1S/C23H32O9/c1-5-31-22(15-8-16(26)12-17(9-15)28-2)21(13-25)32-23-19(29-3)10-14(11-20(23)30-4)18(27)6-7-24/h8-12,18,21-22,24-27H,5-7,13H2,1-4H3/t18?,21-,22+/m0/s1. The van der Waals surface area contributed by atoms with E-state index in [1.165, 1.54) is 33.5 Å². The van der Waals surface area contributed by atoms with E-state index in [2.05, 4.69) is 0 Å². The molecule has 2 rings (SSSR count). The average molecular weight is 453 g/mol. The van der Waals surface area contributed by atoms with Crippen LogP contribution in [0, 0.1) is 0 Å². The second kappa shape index (κ2) is 12.4. The first-order valence-corrected chi connectivity index (χ1v) is 10.2. The molecule has 0 bridgehead atoms. The van der Waals surface area contributed by atoms with Crippen LogP contribution in [0.15, 0.2) is 30.3 Å². The highest BCUT2D eigenvalue weighted by Crippen LogP contribution is 2.42. The number of hydrogen-bond acceptors (Lipinski definition) is 9. The molecular weight excluding hydrogens is 420 g/mol. The molecule has 2 aromatic rings. The van der Waals surface area contributed by atoms with Gasteiger partial charge >= 0.3 is 0 Å². The molecule has 2 aromatic carbocycles. The van der Waals surface area contributed by atoms with Crippen LogP contribution in [0.5, 0.6) is 28.7 Å². The smallest absolute Gasteiger partial charge is 0.204 e. The highest BCUT2D eigenvalue weighted by Gasteiger charge is 2.29. The Morgan fingerprint density at radius 1 is 0.875 bits per heavy atom. The van der Waals surface area contributed by atoms with Crippen molar-refractivity contribution in [1.82, 2.24) is 0 Å². The van der Waals surface area contributed by atoms with Crippen LogP contribution in [0.2, 0.25) is 0 Å². The van der Waals surface area contributed by atoms with Crippen molar-refractivity contribution in [3.63, 3.8) is 0 Å². The fourth-order valence-corrected chi connectivity index (χ4v) is 3.33. The summed E-state index contributed by atoms with van der Waals surface area (Å²) in [5.41, 5.74) is 1.04. The first-order chi connectivity index (χ1) is 15.4. The fourth-order valence-electron chi connectivity index (χ4n) is 3.33. The molecule has 0 aromatic heterocycles. The summed E-state index contributed by atoms with van der Waals surface area (Å²) in [6, 6.07) is 7.83. The zero-order valence-corrected chi connectivity index (χ0v) is 18.8. The normalized spacial score (nSPS) is 13.8. The second-order valence-electron chi connectivity index (χ2n) is 6.96. The lowest BCUT2D eigenvalue weighted by atomic mass is 10.0. The van der Waals surface area contributed by atoms with Crippen LogP contribution in [0.4, 0.5) is 0 Å². The number of aromatic hydroxyl groups is 1. The molecule has 3 atom stereocenters. The predicted octanol–water partition coefficient (Wildman–Crippen LogP) is 2.35. The topological polar surface area (TPSA) is 127 Å². The molecule has 0 radical (unpaired) electrons. The van der Waals surface area contributed by atoms with Crippen LogP contribution in [-0.4, -0.2) is 67.7 Å². The Kier molecular flexibility index (Phi) is 9.86. The van der Waals surface area contributed by atoms with Gasteiger partial charge in [0.15, 0.2) is 17.6 Å². The Morgan fingerprint density at radius 2 is 1.53 bits per heavy atom. The summed E-state index contributed by atoms with van der Waals surface area (Å²) < 4.78 is 28.1. The van der Waals surface area contributed by atoms with Gasteiger partial charge in [-0.3, -0.25) is 0 Å². The van der Waals surface area contributed by atoms with E-state index < -0.39 is 24.9 Å². The summed E-state index contributed by atoms with van der Waals surface area (Å²) in [6.45, 7) is 1.53. The van der Waals surface area contributed by atoms with E-state index in [0.29, 0.717) is 23.5 Å².